The van der Waals surface area contributed by atoms with Crippen LogP contribution >= 0.6 is 11.8 Å². The maximum atomic E-state index is 11.3. The lowest BCUT2D eigenvalue weighted by molar-refractivity contribution is -0.143. The van der Waals surface area contributed by atoms with Gasteiger partial charge in [-0.25, -0.2) is 8.42 Å². The number of hydrogen-bond donors (Lipinski definition) is 0. The van der Waals surface area contributed by atoms with Crippen LogP contribution in [0.3, 0.4) is 0 Å². The highest BCUT2D eigenvalue weighted by atomic mass is 32.2. The normalized spacial score (nSPS) is 11.3. The molecule has 6 heteroatoms. The summed E-state index contributed by atoms with van der Waals surface area (Å²) in [5, 5.41) is 0. The monoisotopic (exact) mass is 330 g/mol. The van der Waals surface area contributed by atoms with Crippen LogP contribution in [0.2, 0.25) is 0 Å². The molecule has 0 heterocycles. The fourth-order valence-corrected chi connectivity index (χ4v) is 3.30. The number of sulfone groups is 1. The van der Waals surface area contributed by atoms with Crippen molar-refractivity contribution < 1.29 is 17.9 Å². The van der Waals surface area contributed by atoms with E-state index in [4.69, 9.17) is 4.74 Å². The van der Waals surface area contributed by atoms with Gasteiger partial charge in [-0.3, -0.25) is 4.79 Å². The van der Waals surface area contributed by atoms with Crippen molar-refractivity contribution in [1.29, 1.82) is 0 Å². The summed E-state index contributed by atoms with van der Waals surface area (Å²) in [7, 11) is -3.12. The molecule has 0 fully saturated rings. The Balaban J connectivity index is 2.20. The number of unbranched alkanes of at least 4 members (excludes halogenated alkanes) is 2. The third-order valence-electron chi connectivity index (χ3n) is 2.85. The molecule has 0 aliphatic rings. The van der Waals surface area contributed by atoms with E-state index < -0.39 is 9.84 Å². The Kier molecular flexibility index (Phi) is 7.82. The molecule has 1 aromatic rings. The van der Waals surface area contributed by atoms with Gasteiger partial charge >= 0.3 is 5.97 Å². The maximum absolute atomic E-state index is 11.3. The molecule has 0 radical (unpaired) electrons. The third kappa shape index (κ3) is 7.52. The van der Waals surface area contributed by atoms with Crippen molar-refractivity contribution in [3.8, 4) is 0 Å². The first-order valence-corrected chi connectivity index (χ1v) is 9.89. The second-order valence-corrected chi connectivity index (χ2v) is 7.89. The smallest absolute Gasteiger partial charge is 0.305 e. The van der Waals surface area contributed by atoms with Gasteiger partial charge in [0, 0.05) is 17.6 Å². The summed E-state index contributed by atoms with van der Waals surface area (Å²) < 4.78 is 27.5. The van der Waals surface area contributed by atoms with Gasteiger partial charge in [-0.2, -0.15) is 0 Å². The molecule has 0 N–H and O–H groups in total. The van der Waals surface area contributed by atoms with Crippen LogP contribution < -0.4 is 0 Å². The fraction of sp³-hybridized carbons (Fsp3) is 0.533. The zero-order valence-corrected chi connectivity index (χ0v) is 14.1. The van der Waals surface area contributed by atoms with E-state index in [0.29, 0.717) is 17.9 Å². The zero-order valence-electron chi connectivity index (χ0n) is 12.5. The highest BCUT2D eigenvalue weighted by molar-refractivity contribution is 7.99. The molecule has 4 nitrogen and oxygen atoms in total. The molecule has 0 spiro atoms. The van der Waals surface area contributed by atoms with Crippen LogP contribution in [-0.4, -0.2) is 33.0 Å². The Morgan fingerprint density at radius 3 is 2.38 bits per heavy atom. The highest BCUT2D eigenvalue weighted by Gasteiger charge is 2.06. The van der Waals surface area contributed by atoms with Crippen molar-refractivity contribution >= 4 is 27.6 Å². The van der Waals surface area contributed by atoms with E-state index in [0.717, 1.165) is 29.9 Å². The molecule has 0 atom stereocenters. The number of thioether (sulfide) groups is 1. The number of carbonyl (C=O) groups excluding carboxylic acids is 1. The first-order chi connectivity index (χ1) is 9.93. The minimum atomic E-state index is -3.12. The van der Waals surface area contributed by atoms with Gasteiger partial charge < -0.3 is 4.74 Å². The van der Waals surface area contributed by atoms with Crippen LogP contribution in [0.1, 0.15) is 32.6 Å². The zero-order chi connectivity index (χ0) is 15.7. The molecular formula is C15H22O4S2. The van der Waals surface area contributed by atoms with Gasteiger partial charge in [0.2, 0.25) is 0 Å². The summed E-state index contributed by atoms with van der Waals surface area (Å²) in [5.41, 5.74) is 0. The summed E-state index contributed by atoms with van der Waals surface area (Å²) in [6.45, 7) is 2.25. The van der Waals surface area contributed by atoms with E-state index in [2.05, 4.69) is 0 Å². The largest absolute Gasteiger partial charge is 0.466 e. The van der Waals surface area contributed by atoms with Gasteiger partial charge in [-0.15, -0.1) is 11.8 Å². The molecule has 0 bridgehead atoms. The van der Waals surface area contributed by atoms with Crippen molar-refractivity contribution in [3.63, 3.8) is 0 Å². The molecule has 0 saturated heterocycles. The third-order valence-corrected chi connectivity index (χ3v) is 5.08. The quantitative estimate of drug-likeness (QED) is 0.395. The average molecular weight is 330 g/mol. The highest BCUT2D eigenvalue weighted by Crippen LogP contribution is 2.21. The topological polar surface area (TPSA) is 60.4 Å². The molecule has 1 rings (SSSR count). The summed E-state index contributed by atoms with van der Waals surface area (Å²) >= 11 is 1.70. The predicted octanol–water partition coefficient (Wildman–Crippen LogP) is 3.31. The van der Waals surface area contributed by atoms with Crippen molar-refractivity contribution in [1.82, 2.24) is 0 Å². The molecule has 118 valence electrons. The molecule has 0 aliphatic heterocycles. The Hall–Kier alpha value is -1.01. The minimum absolute atomic E-state index is 0.124. The van der Waals surface area contributed by atoms with Crippen LogP contribution in [0.4, 0.5) is 0 Å². The number of rotatable bonds is 9. The minimum Gasteiger partial charge on any atom is -0.466 e. The van der Waals surface area contributed by atoms with Crippen molar-refractivity contribution in [2.45, 2.75) is 42.4 Å². The SMILES string of the molecule is CCOC(=O)CCCCCSc1ccc(S(C)(=O)=O)cc1. The van der Waals surface area contributed by atoms with Gasteiger partial charge in [-0.1, -0.05) is 6.42 Å². The predicted molar refractivity (Wildman–Crippen MR) is 85.4 cm³/mol. The molecule has 0 saturated carbocycles. The Morgan fingerprint density at radius 1 is 1.14 bits per heavy atom. The van der Waals surface area contributed by atoms with Crippen LogP contribution in [0.25, 0.3) is 0 Å². The van der Waals surface area contributed by atoms with Crippen molar-refractivity contribution in [2.24, 2.45) is 0 Å². The van der Waals surface area contributed by atoms with E-state index in [1.165, 1.54) is 6.26 Å². The van der Waals surface area contributed by atoms with Crippen LogP contribution in [0.5, 0.6) is 0 Å². The van der Waals surface area contributed by atoms with Gasteiger partial charge in [0.05, 0.1) is 11.5 Å². The van der Waals surface area contributed by atoms with Crippen molar-refractivity contribution in [3.05, 3.63) is 24.3 Å². The first-order valence-electron chi connectivity index (χ1n) is 7.02. The Labute approximate surface area is 131 Å². The molecular weight excluding hydrogens is 308 g/mol. The fourth-order valence-electron chi connectivity index (χ4n) is 1.75. The Morgan fingerprint density at radius 2 is 1.81 bits per heavy atom. The van der Waals surface area contributed by atoms with E-state index in [-0.39, 0.29) is 5.97 Å². The molecule has 0 aliphatic carbocycles. The van der Waals surface area contributed by atoms with E-state index >= 15 is 0 Å². The summed E-state index contributed by atoms with van der Waals surface area (Å²) in [6, 6.07) is 6.94. The Bertz CT molecular complexity index is 535. The van der Waals surface area contributed by atoms with E-state index in [1.54, 1.807) is 23.9 Å². The lowest BCUT2D eigenvalue weighted by Gasteiger charge is -2.04. The van der Waals surface area contributed by atoms with Crippen LogP contribution in [0, 0.1) is 0 Å². The molecule has 1 aromatic carbocycles. The molecule has 0 unspecified atom stereocenters. The first kappa shape index (κ1) is 18.0. The van der Waals surface area contributed by atoms with Gasteiger partial charge in [-0.05, 0) is 49.8 Å². The van der Waals surface area contributed by atoms with Gasteiger partial charge in [0.1, 0.15) is 0 Å². The number of benzene rings is 1. The lowest BCUT2D eigenvalue weighted by Crippen LogP contribution is -2.03. The summed E-state index contributed by atoms with van der Waals surface area (Å²) in [6.07, 6.45) is 4.57. The number of esters is 1. The summed E-state index contributed by atoms with van der Waals surface area (Å²) in [5.74, 6) is 0.836. The molecule has 0 amide bonds. The average Bonchev–Trinajstić information content (AvgIpc) is 2.42. The number of hydrogen-bond acceptors (Lipinski definition) is 5. The van der Waals surface area contributed by atoms with E-state index in [9.17, 15) is 13.2 Å². The second kappa shape index (κ2) is 9.10. The van der Waals surface area contributed by atoms with Crippen molar-refractivity contribution in [2.75, 3.05) is 18.6 Å². The number of ether oxygens (including phenoxy) is 1. The van der Waals surface area contributed by atoms with Crippen LogP contribution in [0.15, 0.2) is 34.1 Å². The standard InChI is InChI=1S/C15H22O4S2/c1-3-19-15(16)7-5-4-6-12-20-13-8-10-14(11-9-13)21(2,17)18/h8-11H,3-7,12H2,1-2H3. The van der Waals surface area contributed by atoms with Gasteiger partial charge in [0.15, 0.2) is 9.84 Å². The molecule has 21 heavy (non-hydrogen) atoms. The maximum Gasteiger partial charge on any atom is 0.305 e. The molecule has 0 aromatic heterocycles. The lowest BCUT2D eigenvalue weighted by atomic mass is 10.2. The van der Waals surface area contributed by atoms with Gasteiger partial charge in [0.25, 0.3) is 0 Å². The second-order valence-electron chi connectivity index (χ2n) is 4.71. The van der Waals surface area contributed by atoms with E-state index in [1.807, 2.05) is 19.1 Å². The van der Waals surface area contributed by atoms with Crippen LogP contribution in [-0.2, 0) is 19.4 Å². The number of carbonyl (C=O) groups is 1. The summed E-state index contributed by atoms with van der Waals surface area (Å²) in [4.78, 5) is 12.5.